The molecular weight excluding hydrogens is 393 g/mol. The van der Waals surface area contributed by atoms with E-state index in [0.29, 0.717) is 4.47 Å². The van der Waals surface area contributed by atoms with E-state index in [1.807, 2.05) is 0 Å². The first-order valence-electron chi connectivity index (χ1n) is 5.03. The molecule has 0 bridgehead atoms. The number of nitrogens with zero attached hydrogens (tertiary/aromatic N) is 1. The molecule has 2 aromatic rings. The van der Waals surface area contributed by atoms with Crippen LogP contribution in [0, 0.1) is 0 Å². The third kappa shape index (κ3) is 3.32. The van der Waals surface area contributed by atoms with E-state index in [1.165, 1.54) is 18.2 Å². The highest BCUT2D eigenvalue weighted by Gasteiger charge is 2.23. The molecular formula is C10H6BrCl2N3O3S. The number of aromatic amines is 1. The predicted octanol–water partition coefficient (Wildman–Crippen LogP) is 2.64. The van der Waals surface area contributed by atoms with Gasteiger partial charge in [0.2, 0.25) is 0 Å². The molecule has 6 nitrogen and oxygen atoms in total. The smallest absolute Gasteiger partial charge is 0.266 e. The fourth-order valence-corrected chi connectivity index (χ4v) is 4.32. The van der Waals surface area contributed by atoms with Crippen molar-refractivity contribution in [1.29, 1.82) is 0 Å². The van der Waals surface area contributed by atoms with Crippen LogP contribution >= 0.6 is 39.1 Å². The molecule has 106 valence electrons. The van der Waals surface area contributed by atoms with Crippen molar-refractivity contribution in [1.82, 2.24) is 10.2 Å². The summed E-state index contributed by atoms with van der Waals surface area (Å²) >= 11 is 15.0. The lowest BCUT2D eigenvalue weighted by Crippen LogP contribution is -2.17. The zero-order valence-corrected chi connectivity index (χ0v) is 13.4. The van der Waals surface area contributed by atoms with Crippen LogP contribution in [-0.2, 0) is 10.0 Å². The molecule has 1 aromatic carbocycles. The van der Waals surface area contributed by atoms with Crippen LogP contribution in [0.3, 0.4) is 0 Å². The summed E-state index contributed by atoms with van der Waals surface area (Å²) in [7, 11) is -4.02. The quantitative estimate of drug-likeness (QED) is 0.831. The number of H-pyrrole nitrogens is 1. The molecule has 0 aliphatic carbocycles. The highest BCUT2D eigenvalue weighted by atomic mass is 79.9. The summed E-state index contributed by atoms with van der Waals surface area (Å²) in [6.07, 6.45) is 0. The third-order valence-corrected chi connectivity index (χ3v) is 4.88. The maximum absolute atomic E-state index is 12.2. The predicted molar refractivity (Wildman–Crippen MR) is 79.8 cm³/mol. The molecule has 0 saturated heterocycles. The normalized spacial score (nSPS) is 11.3. The molecule has 1 aromatic heterocycles. The monoisotopic (exact) mass is 397 g/mol. The van der Waals surface area contributed by atoms with Crippen LogP contribution in [0.4, 0.5) is 5.82 Å². The minimum Gasteiger partial charge on any atom is -0.268 e. The van der Waals surface area contributed by atoms with Gasteiger partial charge in [0.25, 0.3) is 15.6 Å². The average molecular weight is 399 g/mol. The van der Waals surface area contributed by atoms with Crippen LogP contribution in [0.5, 0.6) is 0 Å². The van der Waals surface area contributed by atoms with E-state index in [9.17, 15) is 13.2 Å². The number of aromatic nitrogens is 2. The van der Waals surface area contributed by atoms with Crippen molar-refractivity contribution in [2.75, 3.05) is 4.72 Å². The molecule has 2 rings (SSSR count). The van der Waals surface area contributed by atoms with Crippen molar-refractivity contribution >= 4 is 55.0 Å². The summed E-state index contributed by atoms with van der Waals surface area (Å²) in [4.78, 5) is 10.6. The van der Waals surface area contributed by atoms with E-state index in [2.05, 4.69) is 30.8 Å². The van der Waals surface area contributed by atoms with E-state index >= 15 is 0 Å². The van der Waals surface area contributed by atoms with Gasteiger partial charge in [0.05, 0.1) is 10.0 Å². The van der Waals surface area contributed by atoms with Gasteiger partial charge in [-0.1, -0.05) is 39.1 Å². The molecule has 0 radical (unpaired) electrons. The Morgan fingerprint density at radius 2 is 1.80 bits per heavy atom. The van der Waals surface area contributed by atoms with Crippen molar-refractivity contribution in [2.45, 2.75) is 4.90 Å². The first kappa shape index (κ1) is 15.3. The lowest BCUT2D eigenvalue weighted by molar-refractivity contribution is 0.601. The van der Waals surface area contributed by atoms with Crippen LogP contribution in [-0.4, -0.2) is 18.6 Å². The zero-order chi connectivity index (χ0) is 14.9. The average Bonchev–Trinajstić information content (AvgIpc) is 2.30. The molecule has 0 fully saturated rings. The fourth-order valence-electron chi connectivity index (χ4n) is 1.38. The second-order valence-corrected chi connectivity index (χ2v) is 6.96. The molecule has 1 heterocycles. The summed E-state index contributed by atoms with van der Waals surface area (Å²) in [5.74, 6) is -0.0559. The number of anilines is 1. The molecule has 0 amide bonds. The van der Waals surface area contributed by atoms with E-state index in [-0.39, 0.29) is 20.8 Å². The van der Waals surface area contributed by atoms with Crippen LogP contribution in [0.2, 0.25) is 10.0 Å². The number of hydrogen-bond acceptors (Lipinski definition) is 4. The first-order valence-corrected chi connectivity index (χ1v) is 8.06. The van der Waals surface area contributed by atoms with Crippen molar-refractivity contribution in [3.63, 3.8) is 0 Å². The molecule has 0 aliphatic heterocycles. The van der Waals surface area contributed by atoms with Gasteiger partial charge in [0.15, 0.2) is 5.82 Å². The van der Waals surface area contributed by atoms with Gasteiger partial charge in [-0.05, 0) is 18.2 Å². The summed E-state index contributed by atoms with van der Waals surface area (Å²) < 4.78 is 27.1. The first-order chi connectivity index (χ1) is 9.29. The third-order valence-electron chi connectivity index (χ3n) is 2.15. The standard InChI is InChI=1S/C10H6BrCl2N3O3S/c11-5-3-6(12)10(7(13)4-5)20(18,19)16-8-1-2-9(17)15-14-8/h1-4H,(H,14,16)(H,15,17). The summed E-state index contributed by atoms with van der Waals surface area (Å²) in [6, 6.07) is 5.16. The number of rotatable bonds is 3. The Balaban J connectivity index is 2.46. The van der Waals surface area contributed by atoms with Gasteiger partial charge in [0.1, 0.15) is 4.90 Å². The zero-order valence-electron chi connectivity index (χ0n) is 9.52. The van der Waals surface area contributed by atoms with Gasteiger partial charge in [-0.15, -0.1) is 0 Å². The van der Waals surface area contributed by atoms with Crippen LogP contribution < -0.4 is 10.3 Å². The Bertz CT molecular complexity index is 779. The topological polar surface area (TPSA) is 91.9 Å². The molecule has 0 atom stereocenters. The van der Waals surface area contributed by atoms with Crippen LogP contribution in [0.1, 0.15) is 0 Å². The Hall–Kier alpha value is -1.09. The van der Waals surface area contributed by atoms with Crippen molar-refractivity contribution < 1.29 is 8.42 Å². The van der Waals surface area contributed by atoms with E-state index in [4.69, 9.17) is 23.2 Å². The van der Waals surface area contributed by atoms with Gasteiger partial charge >= 0.3 is 0 Å². The van der Waals surface area contributed by atoms with Gasteiger partial charge < -0.3 is 0 Å². The Labute approximate surface area is 132 Å². The number of nitrogens with one attached hydrogen (secondary N) is 2. The molecule has 10 heteroatoms. The molecule has 20 heavy (non-hydrogen) atoms. The summed E-state index contributed by atoms with van der Waals surface area (Å²) in [6.45, 7) is 0. The van der Waals surface area contributed by atoms with Gasteiger partial charge in [-0.2, -0.15) is 5.10 Å². The minimum atomic E-state index is -4.02. The highest BCUT2D eigenvalue weighted by molar-refractivity contribution is 9.10. The van der Waals surface area contributed by atoms with Crippen LogP contribution in [0.15, 0.2) is 38.4 Å². The van der Waals surface area contributed by atoms with Gasteiger partial charge in [-0.3, -0.25) is 9.52 Å². The van der Waals surface area contributed by atoms with Crippen molar-refractivity contribution in [3.05, 3.63) is 49.1 Å². The fraction of sp³-hybridized carbons (Fsp3) is 0. The molecule has 0 spiro atoms. The number of benzene rings is 1. The van der Waals surface area contributed by atoms with E-state index in [1.54, 1.807) is 0 Å². The SMILES string of the molecule is O=c1ccc(NS(=O)(=O)c2c(Cl)cc(Br)cc2Cl)n[nH]1. The highest BCUT2D eigenvalue weighted by Crippen LogP contribution is 2.33. The second-order valence-electron chi connectivity index (χ2n) is 3.61. The van der Waals surface area contributed by atoms with Gasteiger partial charge in [-0.25, -0.2) is 13.5 Å². The van der Waals surface area contributed by atoms with Crippen molar-refractivity contribution in [3.8, 4) is 0 Å². The maximum atomic E-state index is 12.2. The van der Waals surface area contributed by atoms with E-state index < -0.39 is 15.6 Å². The Morgan fingerprint density at radius 3 is 2.30 bits per heavy atom. The van der Waals surface area contributed by atoms with E-state index in [0.717, 1.165) is 6.07 Å². The minimum absolute atomic E-state index is 0.0405. The van der Waals surface area contributed by atoms with Crippen LogP contribution in [0.25, 0.3) is 0 Å². The Morgan fingerprint density at radius 1 is 1.20 bits per heavy atom. The lowest BCUT2D eigenvalue weighted by atomic mass is 10.4. The van der Waals surface area contributed by atoms with Crippen molar-refractivity contribution in [2.24, 2.45) is 0 Å². The maximum Gasteiger partial charge on any atom is 0.266 e. The molecule has 0 saturated carbocycles. The van der Waals surface area contributed by atoms with Gasteiger partial charge in [0, 0.05) is 10.5 Å². The molecule has 0 unspecified atom stereocenters. The molecule has 2 N–H and O–H groups in total. The number of hydrogen-bond donors (Lipinski definition) is 2. The number of sulfonamides is 1. The Kier molecular flexibility index (Phi) is 4.38. The largest absolute Gasteiger partial charge is 0.268 e. The summed E-state index contributed by atoms with van der Waals surface area (Å²) in [5, 5.41) is 5.57. The summed E-state index contributed by atoms with van der Waals surface area (Å²) in [5.41, 5.74) is -0.451. The second kappa shape index (κ2) is 5.72. The molecule has 0 aliphatic rings. The lowest BCUT2D eigenvalue weighted by Gasteiger charge is -2.10. The number of halogens is 3.